The Morgan fingerprint density at radius 2 is 1.75 bits per heavy atom. The lowest BCUT2D eigenvalue weighted by molar-refractivity contribution is 0.0105. The monoisotopic (exact) mass is 385 g/mol. The van der Waals surface area contributed by atoms with Crippen molar-refractivity contribution in [3.63, 3.8) is 0 Å². The highest BCUT2D eigenvalue weighted by Crippen LogP contribution is 2.41. The summed E-state index contributed by atoms with van der Waals surface area (Å²) >= 11 is 0. The second kappa shape index (κ2) is 11.7. The zero-order valence-electron chi connectivity index (χ0n) is 17.5. The highest BCUT2D eigenvalue weighted by molar-refractivity contribution is 5.89. The van der Waals surface area contributed by atoms with Crippen molar-refractivity contribution < 1.29 is 14.3 Å². The van der Waals surface area contributed by atoms with Gasteiger partial charge in [0, 0.05) is 0 Å². The summed E-state index contributed by atoms with van der Waals surface area (Å²) in [6.07, 6.45) is 11.0. The van der Waals surface area contributed by atoms with Gasteiger partial charge in [-0.05, 0) is 62.8 Å². The van der Waals surface area contributed by atoms with Crippen LogP contribution in [0.2, 0.25) is 0 Å². The molecule has 0 heterocycles. The molecule has 4 heteroatoms. The van der Waals surface area contributed by atoms with Gasteiger partial charge in [0.2, 0.25) is 0 Å². The number of nitrogens with zero attached hydrogens (tertiary/aromatic N) is 1. The summed E-state index contributed by atoms with van der Waals surface area (Å²) in [6.45, 7) is 5.02. The molecule has 1 aromatic carbocycles. The van der Waals surface area contributed by atoms with Gasteiger partial charge in [0.1, 0.15) is 11.9 Å². The summed E-state index contributed by atoms with van der Waals surface area (Å²) in [5.41, 5.74) is 0.341. The Hall–Kier alpha value is -2.02. The SMILES string of the molecule is CCCCCC[C@]1(C#N)CC[C@@H](OC(=O)c2ccc(OCCCC)cc2)CC1. The van der Waals surface area contributed by atoms with E-state index in [0.29, 0.717) is 12.2 Å². The summed E-state index contributed by atoms with van der Waals surface area (Å²) in [7, 11) is 0. The smallest absolute Gasteiger partial charge is 0.338 e. The van der Waals surface area contributed by atoms with Crippen molar-refractivity contribution in [3.05, 3.63) is 29.8 Å². The maximum Gasteiger partial charge on any atom is 0.338 e. The third-order valence-corrected chi connectivity index (χ3v) is 5.77. The van der Waals surface area contributed by atoms with E-state index in [9.17, 15) is 10.1 Å². The fourth-order valence-electron chi connectivity index (χ4n) is 3.81. The van der Waals surface area contributed by atoms with E-state index in [1.165, 1.54) is 19.3 Å². The molecule has 1 fully saturated rings. The van der Waals surface area contributed by atoms with Gasteiger partial charge < -0.3 is 9.47 Å². The maximum absolute atomic E-state index is 12.4. The van der Waals surface area contributed by atoms with E-state index in [4.69, 9.17) is 9.47 Å². The number of nitriles is 1. The first-order valence-electron chi connectivity index (χ1n) is 11.0. The van der Waals surface area contributed by atoms with Crippen LogP contribution in [-0.4, -0.2) is 18.7 Å². The van der Waals surface area contributed by atoms with E-state index >= 15 is 0 Å². The molecule has 0 aliphatic heterocycles. The number of rotatable bonds is 11. The topological polar surface area (TPSA) is 59.3 Å². The van der Waals surface area contributed by atoms with Crippen molar-refractivity contribution >= 4 is 5.97 Å². The van der Waals surface area contributed by atoms with Crippen LogP contribution in [0.15, 0.2) is 24.3 Å². The Kier molecular flexibility index (Phi) is 9.34. The van der Waals surface area contributed by atoms with Crippen LogP contribution in [0.5, 0.6) is 5.75 Å². The summed E-state index contributed by atoms with van der Waals surface area (Å²) in [5, 5.41) is 9.68. The van der Waals surface area contributed by atoms with Crippen LogP contribution in [0.1, 0.15) is 94.8 Å². The zero-order valence-corrected chi connectivity index (χ0v) is 17.5. The van der Waals surface area contributed by atoms with Crippen LogP contribution in [-0.2, 0) is 4.74 Å². The Balaban J connectivity index is 1.78. The largest absolute Gasteiger partial charge is 0.494 e. The maximum atomic E-state index is 12.4. The first-order valence-corrected chi connectivity index (χ1v) is 11.0. The summed E-state index contributed by atoms with van der Waals surface area (Å²) < 4.78 is 11.3. The Labute approximate surface area is 170 Å². The van der Waals surface area contributed by atoms with Gasteiger partial charge in [0.25, 0.3) is 0 Å². The van der Waals surface area contributed by atoms with Crippen LogP contribution >= 0.6 is 0 Å². The minimum atomic E-state index is -0.280. The fraction of sp³-hybridized carbons (Fsp3) is 0.667. The van der Waals surface area contributed by atoms with E-state index in [0.717, 1.165) is 57.1 Å². The molecule has 1 saturated carbocycles. The van der Waals surface area contributed by atoms with E-state index < -0.39 is 0 Å². The highest BCUT2D eigenvalue weighted by atomic mass is 16.5. The van der Waals surface area contributed by atoms with E-state index in [2.05, 4.69) is 19.9 Å². The molecule has 0 bridgehead atoms. The quantitative estimate of drug-likeness (QED) is 0.324. The molecule has 0 amide bonds. The molecular weight excluding hydrogens is 350 g/mol. The molecule has 0 aromatic heterocycles. The van der Waals surface area contributed by atoms with Gasteiger partial charge in [-0.2, -0.15) is 5.26 Å². The first kappa shape index (κ1) is 22.3. The van der Waals surface area contributed by atoms with Crippen LogP contribution < -0.4 is 4.74 Å². The van der Waals surface area contributed by atoms with Gasteiger partial charge in [-0.25, -0.2) is 4.79 Å². The third-order valence-electron chi connectivity index (χ3n) is 5.77. The Bertz CT molecular complexity index is 624. The second-order valence-electron chi connectivity index (χ2n) is 8.03. The number of carbonyl (C=O) groups excluding carboxylic acids is 1. The fourth-order valence-corrected chi connectivity index (χ4v) is 3.81. The molecule has 28 heavy (non-hydrogen) atoms. The second-order valence-corrected chi connectivity index (χ2v) is 8.03. The van der Waals surface area contributed by atoms with Crippen LogP contribution in [0, 0.1) is 16.7 Å². The zero-order chi connectivity index (χ0) is 20.2. The Morgan fingerprint density at radius 3 is 2.36 bits per heavy atom. The average Bonchev–Trinajstić information content (AvgIpc) is 2.73. The number of carbonyl (C=O) groups is 1. The summed E-state index contributed by atoms with van der Waals surface area (Å²) in [5.74, 6) is 0.502. The third kappa shape index (κ3) is 6.86. The van der Waals surface area contributed by atoms with Gasteiger partial charge in [-0.15, -0.1) is 0 Å². The van der Waals surface area contributed by atoms with Crippen molar-refractivity contribution in [2.75, 3.05) is 6.61 Å². The van der Waals surface area contributed by atoms with Gasteiger partial charge in [-0.1, -0.05) is 46.0 Å². The number of hydrogen-bond donors (Lipinski definition) is 0. The summed E-state index contributed by atoms with van der Waals surface area (Å²) in [4.78, 5) is 12.4. The molecule has 1 aromatic rings. The van der Waals surface area contributed by atoms with Crippen LogP contribution in [0.4, 0.5) is 0 Å². The van der Waals surface area contributed by atoms with Crippen LogP contribution in [0.3, 0.4) is 0 Å². The normalized spacial score (nSPS) is 21.7. The Morgan fingerprint density at radius 1 is 1.07 bits per heavy atom. The minimum absolute atomic E-state index is 0.0786. The van der Waals surface area contributed by atoms with E-state index in [1.807, 2.05) is 12.1 Å². The lowest BCUT2D eigenvalue weighted by Crippen LogP contribution is -2.31. The van der Waals surface area contributed by atoms with E-state index in [1.54, 1.807) is 12.1 Å². The predicted molar refractivity (Wildman–Crippen MR) is 111 cm³/mol. The lowest BCUT2D eigenvalue weighted by atomic mass is 9.71. The van der Waals surface area contributed by atoms with Crippen molar-refractivity contribution in [2.24, 2.45) is 5.41 Å². The molecule has 154 valence electrons. The van der Waals surface area contributed by atoms with Crippen LogP contribution in [0.25, 0.3) is 0 Å². The van der Waals surface area contributed by atoms with Gasteiger partial charge in [0.15, 0.2) is 0 Å². The molecule has 2 rings (SSSR count). The average molecular weight is 386 g/mol. The molecule has 0 unspecified atom stereocenters. The molecule has 0 N–H and O–H groups in total. The minimum Gasteiger partial charge on any atom is -0.494 e. The number of benzene rings is 1. The number of ether oxygens (including phenoxy) is 2. The molecule has 0 saturated heterocycles. The molecule has 0 radical (unpaired) electrons. The molecule has 4 nitrogen and oxygen atoms in total. The number of esters is 1. The van der Waals surface area contributed by atoms with Crippen molar-refractivity contribution in [2.45, 2.75) is 90.6 Å². The van der Waals surface area contributed by atoms with Gasteiger partial charge in [-0.3, -0.25) is 0 Å². The lowest BCUT2D eigenvalue weighted by Gasteiger charge is -2.34. The molecule has 0 atom stereocenters. The molecule has 0 spiro atoms. The van der Waals surface area contributed by atoms with Gasteiger partial charge in [0.05, 0.1) is 23.7 Å². The molecular formula is C24H35NO3. The summed E-state index contributed by atoms with van der Waals surface area (Å²) in [6, 6.07) is 9.75. The van der Waals surface area contributed by atoms with E-state index in [-0.39, 0.29) is 17.5 Å². The van der Waals surface area contributed by atoms with Crippen molar-refractivity contribution in [1.29, 1.82) is 5.26 Å². The number of unbranched alkanes of at least 4 members (excludes halogenated alkanes) is 4. The standard InChI is InChI=1S/C24H35NO3/c1-3-5-7-8-15-24(19-25)16-13-22(14-17-24)28-23(26)20-9-11-21(12-10-20)27-18-6-4-2/h9-12,22H,3-8,13-18H2,1-2H3/t22-,24+. The van der Waals surface area contributed by atoms with Crippen molar-refractivity contribution in [1.82, 2.24) is 0 Å². The molecule has 1 aliphatic carbocycles. The molecule has 1 aliphatic rings. The first-order chi connectivity index (χ1) is 13.6. The highest BCUT2D eigenvalue weighted by Gasteiger charge is 2.36. The van der Waals surface area contributed by atoms with Crippen molar-refractivity contribution in [3.8, 4) is 11.8 Å². The van der Waals surface area contributed by atoms with Gasteiger partial charge >= 0.3 is 5.97 Å². The predicted octanol–water partition coefficient (Wildman–Crippen LogP) is 6.45. The number of hydrogen-bond acceptors (Lipinski definition) is 4.